The summed E-state index contributed by atoms with van der Waals surface area (Å²) in [6.07, 6.45) is 6.08. The summed E-state index contributed by atoms with van der Waals surface area (Å²) in [6.45, 7) is 4.18. The first-order valence-corrected chi connectivity index (χ1v) is 8.63. The van der Waals surface area contributed by atoms with Crippen molar-refractivity contribution < 1.29 is 9.90 Å². The molecule has 2 aliphatic rings. The fraction of sp³-hybridized carbons (Fsp3) is 0.421. The number of halogens is 1. The summed E-state index contributed by atoms with van der Waals surface area (Å²) in [5, 5.41) is 10.6. The normalized spacial score (nSPS) is 33.5. The second-order valence-electron chi connectivity index (χ2n) is 6.60. The Hall–Kier alpha value is -1.19. The van der Waals surface area contributed by atoms with Crippen LogP contribution < -0.4 is 0 Å². The molecule has 0 aliphatic heterocycles. The van der Waals surface area contributed by atoms with Crippen molar-refractivity contribution in [3.63, 3.8) is 0 Å². The third kappa shape index (κ3) is 2.50. The molecule has 116 valence electrons. The van der Waals surface area contributed by atoms with E-state index in [2.05, 4.69) is 29.8 Å². The van der Waals surface area contributed by atoms with Gasteiger partial charge in [-0.15, -0.1) is 0 Å². The Bertz CT molecular complexity index is 657. The van der Waals surface area contributed by atoms with Crippen LogP contribution in [0.15, 0.2) is 46.0 Å². The molecule has 1 fully saturated rings. The molecule has 0 bridgehead atoms. The monoisotopic (exact) mass is 360 g/mol. The van der Waals surface area contributed by atoms with Crippen molar-refractivity contribution in [2.45, 2.75) is 39.2 Å². The van der Waals surface area contributed by atoms with E-state index in [1.807, 2.05) is 30.3 Å². The zero-order valence-corrected chi connectivity index (χ0v) is 14.6. The Labute approximate surface area is 140 Å². The fourth-order valence-electron chi connectivity index (χ4n) is 3.78. The number of rotatable bonds is 1. The molecular formula is C19H21BrO2. The highest BCUT2D eigenvalue weighted by atomic mass is 79.9. The topological polar surface area (TPSA) is 37.3 Å². The molecule has 1 N–H and O–H groups in total. The number of aliphatic hydroxyl groups excluding tert-OH is 1. The molecule has 3 atom stereocenters. The largest absolute Gasteiger partial charge is 0.392 e. The van der Waals surface area contributed by atoms with Crippen LogP contribution in [-0.2, 0) is 4.79 Å². The lowest BCUT2D eigenvalue weighted by molar-refractivity contribution is -0.113. The predicted molar refractivity (Wildman–Crippen MR) is 92.3 cm³/mol. The number of allylic oxidation sites excluding steroid dienone is 2. The van der Waals surface area contributed by atoms with Crippen LogP contribution in [0.4, 0.5) is 0 Å². The van der Waals surface area contributed by atoms with Gasteiger partial charge in [-0.1, -0.05) is 47.5 Å². The number of ketones is 1. The fourth-order valence-corrected chi connectivity index (χ4v) is 4.04. The number of carbonyl (C=O) groups is 1. The highest BCUT2D eigenvalue weighted by Crippen LogP contribution is 2.51. The van der Waals surface area contributed by atoms with Gasteiger partial charge in [-0.2, -0.15) is 0 Å². The molecule has 3 heteroatoms. The van der Waals surface area contributed by atoms with Crippen LogP contribution in [0.3, 0.4) is 0 Å². The first kappa shape index (κ1) is 15.7. The molecule has 0 radical (unpaired) electrons. The van der Waals surface area contributed by atoms with E-state index in [1.165, 1.54) is 0 Å². The summed E-state index contributed by atoms with van der Waals surface area (Å²) in [6, 6.07) is 7.94. The van der Waals surface area contributed by atoms with E-state index in [0.717, 1.165) is 40.4 Å². The molecule has 2 nitrogen and oxygen atoms in total. The van der Waals surface area contributed by atoms with Gasteiger partial charge >= 0.3 is 0 Å². The molecule has 0 amide bonds. The van der Waals surface area contributed by atoms with Crippen molar-refractivity contribution in [2.75, 3.05) is 0 Å². The molecule has 0 heterocycles. The van der Waals surface area contributed by atoms with Crippen LogP contribution in [0.1, 0.15) is 38.7 Å². The number of carbonyl (C=O) groups excluding carboxylic acids is 1. The average Bonchev–Trinajstić information content (AvgIpc) is 2.49. The summed E-state index contributed by atoms with van der Waals surface area (Å²) in [4.78, 5) is 12.5. The van der Waals surface area contributed by atoms with Crippen molar-refractivity contribution in [1.82, 2.24) is 0 Å². The molecule has 1 aromatic carbocycles. The van der Waals surface area contributed by atoms with Crippen LogP contribution >= 0.6 is 15.9 Å². The van der Waals surface area contributed by atoms with Gasteiger partial charge in [0.05, 0.1) is 6.10 Å². The summed E-state index contributed by atoms with van der Waals surface area (Å²) in [5.41, 5.74) is 2.63. The van der Waals surface area contributed by atoms with Gasteiger partial charge in [-0.3, -0.25) is 4.79 Å². The van der Waals surface area contributed by atoms with Crippen LogP contribution in [0.25, 0.3) is 6.08 Å². The lowest BCUT2D eigenvalue weighted by atomic mass is 9.57. The van der Waals surface area contributed by atoms with Crippen molar-refractivity contribution in [3.8, 4) is 0 Å². The molecule has 0 spiro atoms. The maximum atomic E-state index is 12.5. The van der Waals surface area contributed by atoms with E-state index in [0.29, 0.717) is 0 Å². The van der Waals surface area contributed by atoms with Crippen LogP contribution in [0.5, 0.6) is 0 Å². The number of hydrogen-bond donors (Lipinski definition) is 1. The van der Waals surface area contributed by atoms with Crippen LogP contribution in [-0.4, -0.2) is 17.0 Å². The highest BCUT2D eigenvalue weighted by molar-refractivity contribution is 9.10. The van der Waals surface area contributed by atoms with Crippen molar-refractivity contribution in [1.29, 1.82) is 0 Å². The lowest BCUT2D eigenvalue weighted by Crippen LogP contribution is -2.46. The summed E-state index contributed by atoms with van der Waals surface area (Å²) in [7, 11) is 0. The predicted octanol–water partition coefficient (Wildman–Crippen LogP) is 4.53. The van der Waals surface area contributed by atoms with Gasteiger partial charge in [0.25, 0.3) is 0 Å². The Balaban J connectivity index is 2.04. The Morgan fingerprint density at radius 3 is 2.68 bits per heavy atom. The third-order valence-corrected chi connectivity index (χ3v) is 5.98. The minimum absolute atomic E-state index is 0.0268. The number of fused-ring (bicyclic) bond motifs is 1. The second-order valence-corrected chi connectivity index (χ2v) is 7.51. The SMILES string of the molecule is C[C@H]1C(=Cc2ccc(Br)cc2)C(=O)C=C2CCC[C@H](O)[C@]21C. The standard InChI is InChI=1S/C19H21BrO2/c1-12-16(10-13-6-8-15(20)9-7-13)17(21)11-14-4-3-5-18(22)19(12,14)2/h6-12,18,22H,3-5H2,1-2H3/t12-,18-,19-/m0/s1. The summed E-state index contributed by atoms with van der Waals surface area (Å²) in [5.74, 6) is 0.121. The van der Waals surface area contributed by atoms with E-state index in [1.54, 1.807) is 6.08 Å². The van der Waals surface area contributed by atoms with E-state index in [9.17, 15) is 9.90 Å². The molecule has 0 saturated heterocycles. The van der Waals surface area contributed by atoms with Gasteiger partial charge in [0.1, 0.15) is 0 Å². The number of benzene rings is 1. The number of aliphatic hydroxyl groups is 1. The summed E-state index contributed by atoms with van der Waals surface area (Å²) < 4.78 is 1.02. The van der Waals surface area contributed by atoms with Gasteiger partial charge in [0, 0.05) is 15.5 Å². The van der Waals surface area contributed by atoms with Gasteiger partial charge in [-0.05, 0) is 55.0 Å². The molecule has 3 rings (SSSR count). The maximum Gasteiger partial charge on any atom is 0.182 e. The molecule has 1 aromatic rings. The van der Waals surface area contributed by atoms with Crippen molar-refractivity contribution in [2.24, 2.45) is 11.3 Å². The van der Waals surface area contributed by atoms with Gasteiger partial charge < -0.3 is 5.11 Å². The molecule has 22 heavy (non-hydrogen) atoms. The Kier molecular flexibility index (Phi) is 4.13. The molecule has 0 unspecified atom stereocenters. The Morgan fingerprint density at radius 1 is 1.32 bits per heavy atom. The van der Waals surface area contributed by atoms with E-state index in [4.69, 9.17) is 0 Å². The van der Waals surface area contributed by atoms with E-state index >= 15 is 0 Å². The first-order valence-electron chi connectivity index (χ1n) is 7.83. The number of hydrogen-bond acceptors (Lipinski definition) is 2. The van der Waals surface area contributed by atoms with Crippen LogP contribution in [0.2, 0.25) is 0 Å². The molecular weight excluding hydrogens is 340 g/mol. The quantitative estimate of drug-likeness (QED) is 0.747. The minimum atomic E-state index is -0.371. The van der Waals surface area contributed by atoms with Gasteiger partial charge in [-0.25, -0.2) is 0 Å². The Morgan fingerprint density at radius 2 is 2.00 bits per heavy atom. The molecule has 1 saturated carbocycles. The van der Waals surface area contributed by atoms with Gasteiger partial charge in [0.15, 0.2) is 5.78 Å². The zero-order chi connectivity index (χ0) is 15.9. The average molecular weight is 361 g/mol. The smallest absolute Gasteiger partial charge is 0.182 e. The van der Waals surface area contributed by atoms with E-state index < -0.39 is 0 Å². The van der Waals surface area contributed by atoms with E-state index in [-0.39, 0.29) is 23.2 Å². The first-order chi connectivity index (χ1) is 10.4. The maximum absolute atomic E-state index is 12.5. The summed E-state index contributed by atoms with van der Waals surface area (Å²) >= 11 is 3.43. The van der Waals surface area contributed by atoms with Gasteiger partial charge in [0.2, 0.25) is 0 Å². The minimum Gasteiger partial charge on any atom is -0.392 e. The lowest BCUT2D eigenvalue weighted by Gasteiger charge is -2.48. The van der Waals surface area contributed by atoms with Crippen molar-refractivity contribution in [3.05, 3.63) is 51.5 Å². The van der Waals surface area contributed by atoms with Crippen LogP contribution in [0, 0.1) is 11.3 Å². The molecule has 2 aliphatic carbocycles. The second kappa shape index (κ2) is 5.78. The third-order valence-electron chi connectivity index (χ3n) is 5.46. The molecule has 0 aromatic heterocycles. The highest BCUT2D eigenvalue weighted by Gasteiger charge is 2.48. The van der Waals surface area contributed by atoms with Crippen molar-refractivity contribution >= 4 is 27.8 Å². The zero-order valence-electron chi connectivity index (χ0n) is 13.0.